The van der Waals surface area contributed by atoms with Gasteiger partial charge in [0.2, 0.25) is 0 Å². The van der Waals surface area contributed by atoms with Crippen LogP contribution in [0.4, 0.5) is 4.79 Å². The number of hydrogen-bond donors (Lipinski definition) is 0. The Morgan fingerprint density at radius 2 is 2.09 bits per heavy atom. The summed E-state index contributed by atoms with van der Waals surface area (Å²) in [5, 5.41) is 0. The second kappa shape index (κ2) is 7.90. The third kappa shape index (κ3) is 6.29. The third-order valence-corrected chi connectivity index (χ3v) is 5.17. The smallest absolute Gasteiger partial charge is 0.410 e. The molecule has 0 unspecified atom stereocenters. The lowest BCUT2D eigenvalue weighted by molar-refractivity contribution is 0.0176. The van der Waals surface area contributed by atoms with Crippen molar-refractivity contribution in [3.8, 4) is 0 Å². The first-order chi connectivity index (χ1) is 10.8. The summed E-state index contributed by atoms with van der Waals surface area (Å²) in [6.45, 7) is 6.97. The Morgan fingerprint density at radius 3 is 2.74 bits per heavy atom. The number of ether oxygens (including phenoxy) is 1. The van der Waals surface area contributed by atoms with Crippen molar-refractivity contribution in [1.29, 1.82) is 0 Å². The van der Waals surface area contributed by atoms with Crippen molar-refractivity contribution in [2.24, 2.45) is 5.92 Å². The molecule has 1 fully saturated rings. The van der Waals surface area contributed by atoms with E-state index in [4.69, 9.17) is 4.74 Å². The Hall–Kier alpha value is -1.43. The minimum absolute atomic E-state index is 0.262. The van der Waals surface area contributed by atoms with E-state index in [1.54, 1.807) is 17.3 Å². The molecule has 0 aliphatic carbocycles. The normalized spacial score (nSPS) is 20.1. The number of nitrogens with zero attached hydrogens (tertiary/aromatic N) is 2. The fourth-order valence-corrected chi connectivity index (χ4v) is 4.16. The molecule has 2 rings (SSSR count). The molecule has 1 aliphatic heterocycles. The van der Waals surface area contributed by atoms with Crippen LogP contribution in [0.25, 0.3) is 0 Å². The monoisotopic (exact) mass is 338 g/mol. The highest BCUT2D eigenvalue weighted by Crippen LogP contribution is 2.20. The molecule has 0 bridgehead atoms. The minimum atomic E-state index is -0.922. The van der Waals surface area contributed by atoms with Gasteiger partial charge in [-0.25, -0.2) is 4.79 Å². The number of rotatable bonds is 4. The molecule has 2 heterocycles. The predicted octanol–water partition coefficient (Wildman–Crippen LogP) is 2.98. The molecule has 6 heteroatoms. The molecule has 5 nitrogen and oxygen atoms in total. The largest absolute Gasteiger partial charge is 0.444 e. The van der Waals surface area contributed by atoms with Gasteiger partial charge in [0.05, 0.1) is 0 Å². The summed E-state index contributed by atoms with van der Waals surface area (Å²) in [6, 6.07) is 3.79. The fourth-order valence-electron chi connectivity index (χ4n) is 2.68. The Morgan fingerprint density at radius 1 is 1.39 bits per heavy atom. The summed E-state index contributed by atoms with van der Waals surface area (Å²) in [5.74, 6) is 1.45. The molecule has 128 valence electrons. The van der Waals surface area contributed by atoms with Crippen LogP contribution in [-0.2, 0) is 21.3 Å². The van der Waals surface area contributed by atoms with E-state index >= 15 is 0 Å². The van der Waals surface area contributed by atoms with Crippen LogP contribution in [0.5, 0.6) is 0 Å². The molecule has 0 spiro atoms. The SMILES string of the molecule is CC(C)(C)OC(=O)N1CCC[C@@H](C[S@](=O)Cc2ccncc2)C1. The van der Waals surface area contributed by atoms with Crippen LogP contribution in [0, 0.1) is 5.92 Å². The zero-order valence-electron chi connectivity index (χ0n) is 14.2. The molecular weight excluding hydrogens is 312 g/mol. The average molecular weight is 338 g/mol. The fraction of sp³-hybridized carbons (Fsp3) is 0.647. The summed E-state index contributed by atoms with van der Waals surface area (Å²) < 4.78 is 17.8. The number of hydrogen-bond acceptors (Lipinski definition) is 4. The maximum absolute atomic E-state index is 12.3. The topological polar surface area (TPSA) is 59.5 Å². The van der Waals surface area contributed by atoms with Gasteiger partial charge >= 0.3 is 6.09 Å². The van der Waals surface area contributed by atoms with E-state index in [2.05, 4.69) is 4.98 Å². The second-order valence-corrected chi connectivity index (χ2v) is 8.54. The van der Waals surface area contributed by atoms with Gasteiger partial charge in [-0.15, -0.1) is 0 Å². The molecule has 1 saturated heterocycles. The minimum Gasteiger partial charge on any atom is -0.444 e. The Kier molecular flexibility index (Phi) is 6.16. The number of carbonyl (C=O) groups is 1. The van der Waals surface area contributed by atoms with Gasteiger partial charge in [-0.1, -0.05) is 0 Å². The molecule has 0 saturated carbocycles. The highest BCUT2D eigenvalue weighted by molar-refractivity contribution is 7.84. The van der Waals surface area contributed by atoms with E-state index in [1.807, 2.05) is 32.9 Å². The molecule has 1 aromatic rings. The van der Waals surface area contributed by atoms with Crippen LogP contribution in [0.15, 0.2) is 24.5 Å². The number of carbonyl (C=O) groups excluding carboxylic acids is 1. The van der Waals surface area contributed by atoms with Crippen LogP contribution in [0.1, 0.15) is 39.2 Å². The van der Waals surface area contributed by atoms with Crippen molar-refractivity contribution in [3.63, 3.8) is 0 Å². The molecule has 2 atom stereocenters. The Labute approximate surface area is 140 Å². The van der Waals surface area contributed by atoms with Gasteiger partial charge in [0.15, 0.2) is 0 Å². The van der Waals surface area contributed by atoms with E-state index in [9.17, 15) is 9.00 Å². The lowest BCUT2D eigenvalue weighted by atomic mass is 10.0. The maximum Gasteiger partial charge on any atom is 0.410 e. The maximum atomic E-state index is 12.3. The molecule has 0 radical (unpaired) electrons. The average Bonchev–Trinajstić information content (AvgIpc) is 2.46. The summed E-state index contributed by atoms with van der Waals surface area (Å²) in [4.78, 5) is 17.9. The first kappa shape index (κ1) is 17.9. The van der Waals surface area contributed by atoms with Gasteiger partial charge in [0.1, 0.15) is 5.60 Å². The number of piperidine rings is 1. The van der Waals surface area contributed by atoms with Crippen molar-refractivity contribution in [2.75, 3.05) is 18.8 Å². The van der Waals surface area contributed by atoms with Crippen molar-refractivity contribution in [3.05, 3.63) is 30.1 Å². The van der Waals surface area contributed by atoms with Gasteiger partial charge in [-0.2, -0.15) is 0 Å². The zero-order chi connectivity index (χ0) is 16.9. The number of aromatic nitrogens is 1. The molecule has 1 aromatic heterocycles. The lowest BCUT2D eigenvalue weighted by Gasteiger charge is -2.34. The number of likely N-dealkylation sites (tertiary alicyclic amines) is 1. The summed E-state index contributed by atoms with van der Waals surface area (Å²) >= 11 is 0. The van der Waals surface area contributed by atoms with Crippen LogP contribution in [0.2, 0.25) is 0 Å². The zero-order valence-corrected chi connectivity index (χ0v) is 15.0. The summed E-state index contributed by atoms with van der Waals surface area (Å²) in [6.07, 6.45) is 5.13. The highest BCUT2D eigenvalue weighted by atomic mass is 32.2. The Bertz CT molecular complexity index is 543. The van der Waals surface area contributed by atoms with Crippen molar-refractivity contribution in [1.82, 2.24) is 9.88 Å². The summed E-state index contributed by atoms with van der Waals surface area (Å²) in [7, 11) is -0.922. The quantitative estimate of drug-likeness (QED) is 0.847. The van der Waals surface area contributed by atoms with E-state index in [0.717, 1.165) is 24.9 Å². The van der Waals surface area contributed by atoms with Crippen LogP contribution >= 0.6 is 0 Å². The standard InChI is InChI=1S/C17H26N2O3S/c1-17(2,3)22-16(20)19-10-4-5-15(11-19)13-23(21)12-14-6-8-18-9-7-14/h6-9,15H,4-5,10-13H2,1-3H3/t15-,23-/m1/s1. The van der Waals surface area contributed by atoms with Gasteiger partial charge in [-0.05, 0) is 57.2 Å². The molecule has 1 aliphatic rings. The first-order valence-corrected chi connectivity index (χ1v) is 9.54. The lowest BCUT2D eigenvalue weighted by Crippen LogP contribution is -2.44. The van der Waals surface area contributed by atoms with Crippen LogP contribution < -0.4 is 0 Å². The molecular formula is C17H26N2O3S. The van der Waals surface area contributed by atoms with Gasteiger partial charge in [0, 0.05) is 47.8 Å². The van der Waals surface area contributed by atoms with Gasteiger partial charge in [0.25, 0.3) is 0 Å². The molecule has 1 amide bonds. The van der Waals surface area contributed by atoms with Crippen molar-refractivity contribution >= 4 is 16.9 Å². The van der Waals surface area contributed by atoms with E-state index < -0.39 is 16.4 Å². The molecule has 0 aromatic carbocycles. The van der Waals surface area contributed by atoms with E-state index in [0.29, 0.717) is 18.1 Å². The van der Waals surface area contributed by atoms with Crippen LogP contribution in [-0.4, -0.2) is 44.6 Å². The van der Waals surface area contributed by atoms with E-state index in [1.165, 1.54) is 0 Å². The number of amides is 1. The van der Waals surface area contributed by atoms with E-state index in [-0.39, 0.29) is 12.0 Å². The highest BCUT2D eigenvalue weighted by Gasteiger charge is 2.28. The summed E-state index contributed by atoms with van der Waals surface area (Å²) in [5.41, 5.74) is 0.562. The second-order valence-electron chi connectivity index (χ2n) is 7.04. The van der Waals surface area contributed by atoms with Gasteiger partial charge in [-0.3, -0.25) is 9.19 Å². The van der Waals surface area contributed by atoms with Crippen LogP contribution in [0.3, 0.4) is 0 Å². The third-order valence-electron chi connectivity index (χ3n) is 3.67. The first-order valence-electron chi connectivity index (χ1n) is 8.05. The van der Waals surface area contributed by atoms with Crippen molar-refractivity contribution in [2.45, 2.75) is 45.0 Å². The van der Waals surface area contributed by atoms with Crippen molar-refractivity contribution < 1.29 is 13.7 Å². The predicted molar refractivity (Wildman–Crippen MR) is 91.5 cm³/mol. The molecule has 0 N–H and O–H groups in total. The molecule has 23 heavy (non-hydrogen) atoms. The Balaban J connectivity index is 1.84. The number of pyridine rings is 1. The van der Waals surface area contributed by atoms with Gasteiger partial charge < -0.3 is 9.64 Å².